The molecule has 19 heavy (non-hydrogen) atoms. The van der Waals surface area contributed by atoms with Crippen LogP contribution < -0.4 is 10.6 Å². The van der Waals surface area contributed by atoms with Crippen LogP contribution in [0, 0.1) is 5.41 Å². The van der Waals surface area contributed by atoms with Crippen LogP contribution in [0.5, 0.6) is 0 Å². The molecule has 3 nitrogen and oxygen atoms in total. The maximum Gasteiger partial charge on any atom is 0.186 e. The van der Waals surface area contributed by atoms with Gasteiger partial charge >= 0.3 is 0 Å². The summed E-state index contributed by atoms with van der Waals surface area (Å²) in [6.45, 7) is 7.99. The fraction of sp³-hybridized carbons (Fsp3) is 0.800. The van der Waals surface area contributed by atoms with Crippen molar-refractivity contribution in [1.29, 1.82) is 0 Å². The molecule has 1 aromatic rings. The quantitative estimate of drug-likeness (QED) is 0.917. The van der Waals surface area contributed by atoms with Gasteiger partial charge < -0.3 is 10.6 Å². The van der Waals surface area contributed by atoms with E-state index in [0.29, 0.717) is 5.41 Å². The molecule has 4 heteroatoms. The van der Waals surface area contributed by atoms with Gasteiger partial charge in [-0.1, -0.05) is 32.1 Å². The Morgan fingerprint density at radius 1 is 1.42 bits per heavy atom. The van der Waals surface area contributed by atoms with Crippen LogP contribution in [-0.4, -0.2) is 17.6 Å². The van der Waals surface area contributed by atoms with E-state index in [1.807, 2.05) is 11.3 Å². The van der Waals surface area contributed by atoms with Crippen molar-refractivity contribution < 1.29 is 0 Å². The molecule has 0 spiro atoms. The molecule has 0 radical (unpaired) electrons. The second kappa shape index (κ2) is 4.74. The Hall–Kier alpha value is -0.610. The topological polar surface area (TPSA) is 42.2 Å². The first-order valence-electron chi connectivity index (χ1n) is 7.52. The fourth-order valence-electron chi connectivity index (χ4n) is 3.16. The lowest BCUT2D eigenvalue weighted by Crippen LogP contribution is -2.29. The van der Waals surface area contributed by atoms with Crippen LogP contribution in [0.15, 0.2) is 0 Å². The molecule has 0 amide bonds. The van der Waals surface area contributed by atoms with Crippen molar-refractivity contribution in [2.24, 2.45) is 11.1 Å². The normalized spacial score (nSPS) is 25.2. The van der Waals surface area contributed by atoms with E-state index in [0.717, 1.165) is 25.4 Å². The number of rotatable bonds is 4. The average Bonchev–Trinajstić information content (AvgIpc) is 3.05. The average molecular weight is 279 g/mol. The monoisotopic (exact) mass is 279 g/mol. The van der Waals surface area contributed by atoms with E-state index in [9.17, 15) is 0 Å². The minimum absolute atomic E-state index is 0.188. The minimum atomic E-state index is 0.188. The largest absolute Gasteiger partial charge is 0.345 e. The summed E-state index contributed by atoms with van der Waals surface area (Å²) >= 11 is 1.85. The van der Waals surface area contributed by atoms with Crippen molar-refractivity contribution in [3.8, 4) is 0 Å². The van der Waals surface area contributed by atoms with Crippen LogP contribution in [0.2, 0.25) is 0 Å². The lowest BCUT2D eigenvalue weighted by molar-refractivity contribution is 0.282. The summed E-state index contributed by atoms with van der Waals surface area (Å²) in [4.78, 5) is 8.80. The molecule has 0 aromatic carbocycles. The van der Waals surface area contributed by atoms with Gasteiger partial charge in [-0.15, -0.1) is 0 Å². The molecule has 106 valence electrons. The highest BCUT2D eigenvalue weighted by Gasteiger charge is 2.36. The first-order valence-corrected chi connectivity index (χ1v) is 8.33. The highest BCUT2D eigenvalue weighted by molar-refractivity contribution is 7.15. The molecule has 2 aliphatic carbocycles. The number of thiazole rings is 1. The molecule has 3 rings (SSSR count). The number of fused-ring (bicyclic) bond motifs is 1. The zero-order valence-corrected chi connectivity index (χ0v) is 13.1. The molecule has 0 aliphatic heterocycles. The summed E-state index contributed by atoms with van der Waals surface area (Å²) in [6, 6.07) is 0.935. The summed E-state index contributed by atoms with van der Waals surface area (Å²) in [5.74, 6) is 0. The van der Waals surface area contributed by atoms with Crippen LogP contribution >= 0.6 is 11.3 Å². The summed E-state index contributed by atoms with van der Waals surface area (Å²) in [6.07, 6.45) is 6.03. The van der Waals surface area contributed by atoms with Gasteiger partial charge in [-0.3, -0.25) is 0 Å². The Morgan fingerprint density at radius 3 is 2.79 bits per heavy atom. The number of aromatic nitrogens is 1. The number of hydrogen-bond donors (Lipinski definition) is 1. The van der Waals surface area contributed by atoms with Gasteiger partial charge in [-0.25, -0.2) is 4.98 Å². The van der Waals surface area contributed by atoms with Crippen molar-refractivity contribution in [3.05, 3.63) is 10.6 Å². The van der Waals surface area contributed by atoms with E-state index >= 15 is 0 Å². The minimum Gasteiger partial charge on any atom is -0.345 e. The fourth-order valence-corrected chi connectivity index (χ4v) is 4.35. The predicted octanol–water partition coefficient (Wildman–Crippen LogP) is 3.49. The van der Waals surface area contributed by atoms with Crippen LogP contribution in [0.25, 0.3) is 0 Å². The molecule has 1 heterocycles. The molecule has 0 bridgehead atoms. The predicted molar refractivity (Wildman–Crippen MR) is 81.8 cm³/mol. The van der Waals surface area contributed by atoms with E-state index in [2.05, 4.69) is 25.7 Å². The SMILES string of the molecule is CCCN(c1nc2c(s1)C(N)CC(C)(C)C2)C1CC1. The molecule has 1 unspecified atom stereocenters. The molecule has 1 saturated carbocycles. The zero-order valence-electron chi connectivity index (χ0n) is 12.3. The number of nitrogens with zero attached hydrogens (tertiary/aromatic N) is 2. The first-order chi connectivity index (χ1) is 9.00. The second-order valence-corrected chi connectivity index (χ2v) is 7.89. The number of nitrogens with two attached hydrogens (primary N) is 1. The Bertz CT molecular complexity index is 462. The molecule has 2 N–H and O–H groups in total. The van der Waals surface area contributed by atoms with Gasteiger partial charge in [-0.05, 0) is 37.5 Å². The molecule has 2 aliphatic rings. The molecular formula is C15H25N3S. The van der Waals surface area contributed by atoms with Crippen LogP contribution in [0.1, 0.15) is 63.1 Å². The zero-order chi connectivity index (χ0) is 13.6. The first kappa shape index (κ1) is 13.4. The highest BCUT2D eigenvalue weighted by Crippen LogP contribution is 2.45. The number of anilines is 1. The lowest BCUT2D eigenvalue weighted by atomic mass is 9.77. The lowest BCUT2D eigenvalue weighted by Gasteiger charge is -2.32. The molecule has 0 saturated heterocycles. The van der Waals surface area contributed by atoms with Crippen LogP contribution in [0.4, 0.5) is 5.13 Å². The molecule has 1 aromatic heterocycles. The maximum atomic E-state index is 6.35. The van der Waals surface area contributed by atoms with E-state index in [1.54, 1.807) is 0 Å². The van der Waals surface area contributed by atoms with Crippen molar-refractivity contribution >= 4 is 16.5 Å². The summed E-state index contributed by atoms with van der Waals surface area (Å²) in [5, 5.41) is 1.22. The second-order valence-electron chi connectivity index (χ2n) is 6.88. The van der Waals surface area contributed by atoms with Gasteiger partial charge in [0.1, 0.15) is 0 Å². The maximum absolute atomic E-state index is 6.35. The van der Waals surface area contributed by atoms with Gasteiger partial charge in [0.25, 0.3) is 0 Å². The Kier molecular flexibility index (Phi) is 3.34. The molecule has 1 fully saturated rings. The van der Waals surface area contributed by atoms with Crippen LogP contribution in [-0.2, 0) is 6.42 Å². The van der Waals surface area contributed by atoms with Crippen molar-refractivity contribution in [2.45, 2.75) is 65.0 Å². The van der Waals surface area contributed by atoms with Crippen molar-refractivity contribution in [1.82, 2.24) is 4.98 Å². The molecular weight excluding hydrogens is 254 g/mol. The standard InChI is InChI=1S/C15H25N3S/c1-4-7-18(10-5-6-10)14-17-12-9-15(2,3)8-11(16)13(12)19-14/h10-11H,4-9,16H2,1-3H3. The smallest absolute Gasteiger partial charge is 0.186 e. The van der Waals surface area contributed by atoms with Crippen molar-refractivity contribution in [3.63, 3.8) is 0 Å². The third-order valence-corrected chi connectivity index (χ3v) is 5.44. The number of hydrogen-bond acceptors (Lipinski definition) is 4. The highest BCUT2D eigenvalue weighted by atomic mass is 32.1. The van der Waals surface area contributed by atoms with E-state index < -0.39 is 0 Å². The van der Waals surface area contributed by atoms with Crippen LogP contribution in [0.3, 0.4) is 0 Å². The molecule has 1 atom stereocenters. The third kappa shape index (κ3) is 2.65. The van der Waals surface area contributed by atoms with E-state index in [4.69, 9.17) is 10.7 Å². The summed E-state index contributed by atoms with van der Waals surface area (Å²) in [7, 11) is 0. The van der Waals surface area contributed by atoms with Gasteiger partial charge in [-0.2, -0.15) is 0 Å². The summed E-state index contributed by atoms with van der Waals surface area (Å²) in [5.41, 5.74) is 7.92. The van der Waals surface area contributed by atoms with Gasteiger partial charge in [0, 0.05) is 23.5 Å². The Labute approximate surface area is 120 Å². The van der Waals surface area contributed by atoms with Gasteiger partial charge in [0.05, 0.1) is 5.69 Å². The van der Waals surface area contributed by atoms with E-state index in [-0.39, 0.29) is 6.04 Å². The van der Waals surface area contributed by atoms with Crippen molar-refractivity contribution in [2.75, 3.05) is 11.4 Å². The third-order valence-electron chi connectivity index (χ3n) is 4.17. The Balaban J connectivity index is 1.89. The Morgan fingerprint density at radius 2 is 2.16 bits per heavy atom. The van der Waals surface area contributed by atoms with Gasteiger partial charge in [0.2, 0.25) is 0 Å². The summed E-state index contributed by atoms with van der Waals surface area (Å²) < 4.78 is 0. The van der Waals surface area contributed by atoms with Gasteiger partial charge in [0.15, 0.2) is 5.13 Å². The van der Waals surface area contributed by atoms with E-state index in [1.165, 1.54) is 35.0 Å².